The van der Waals surface area contributed by atoms with Crippen LogP contribution >= 0.6 is 11.8 Å². The largest absolute Gasteiger partial charge is 0.480 e. The van der Waals surface area contributed by atoms with Crippen LogP contribution in [0, 0.1) is 6.92 Å². The maximum absolute atomic E-state index is 12.9. The Hall–Kier alpha value is -2.81. The van der Waals surface area contributed by atoms with E-state index >= 15 is 0 Å². The molecule has 2 N–H and O–H groups in total. The molecule has 28 heavy (non-hydrogen) atoms. The number of carbonyl (C=O) groups excluding carboxylic acids is 2. The number of aromatic nitrogens is 1. The van der Waals surface area contributed by atoms with E-state index < -0.39 is 34.1 Å². The van der Waals surface area contributed by atoms with Gasteiger partial charge in [0, 0.05) is 10.3 Å². The quantitative estimate of drug-likeness (QED) is 0.752. The zero-order chi connectivity index (χ0) is 20.2. The number of fused-ring (bicyclic) bond motifs is 1. The maximum Gasteiger partial charge on any atom is 0.327 e. The van der Waals surface area contributed by atoms with E-state index in [9.17, 15) is 19.5 Å². The molecule has 0 aliphatic carbocycles. The van der Waals surface area contributed by atoms with Gasteiger partial charge in [-0.1, -0.05) is 35.5 Å². The molecule has 2 aromatic rings. The van der Waals surface area contributed by atoms with Gasteiger partial charge in [0.1, 0.15) is 34.5 Å². The Labute approximate surface area is 165 Å². The van der Waals surface area contributed by atoms with Crippen molar-refractivity contribution in [1.82, 2.24) is 15.4 Å². The highest BCUT2D eigenvalue weighted by molar-refractivity contribution is 8.01. The van der Waals surface area contributed by atoms with E-state index in [-0.39, 0.29) is 11.5 Å². The molecule has 4 rings (SSSR count). The van der Waals surface area contributed by atoms with Crippen molar-refractivity contribution in [3.63, 3.8) is 0 Å². The van der Waals surface area contributed by atoms with Crippen LogP contribution in [0.2, 0.25) is 0 Å². The minimum absolute atomic E-state index is 0.273. The summed E-state index contributed by atoms with van der Waals surface area (Å²) in [5.41, 5.74) is 1.41. The molecule has 2 aliphatic heterocycles. The number of thioether (sulfide) groups is 1. The molecular formula is C19H19N3O5S. The Balaban J connectivity index is 1.58. The molecule has 3 atom stereocenters. The highest BCUT2D eigenvalue weighted by Crippen LogP contribution is 2.50. The fourth-order valence-corrected chi connectivity index (χ4v) is 5.42. The summed E-state index contributed by atoms with van der Waals surface area (Å²) in [5.74, 6) is -1.55. The summed E-state index contributed by atoms with van der Waals surface area (Å²) in [4.78, 5) is 38.5. The first-order valence-electron chi connectivity index (χ1n) is 8.77. The Kier molecular flexibility index (Phi) is 4.22. The lowest BCUT2D eigenvalue weighted by Gasteiger charge is -2.43. The molecule has 146 valence electrons. The van der Waals surface area contributed by atoms with Crippen LogP contribution < -0.4 is 5.32 Å². The number of carboxylic acids is 1. The molecule has 3 heterocycles. The second-order valence-corrected chi connectivity index (χ2v) is 9.15. The number of β-lactam (4-membered cyclic amide) rings is 1. The first-order valence-corrected chi connectivity index (χ1v) is 9.65. The molecule has 0 radical (unpaired) electrons. The molecule has 1 aromatic heterocycles. The van der Waals surface area contributed by atoms with E-state index in [1.165, 1.54) is 16.7 Å². The Bertz CT molecular complexity index is 971. The fraction of sp³-hybridized carbons (Fsp3) is 0.368. The average Bonchev–Trinajstić information content (AvgIpc) is 3.15. The third kappa shape index (κ3) is 2.69. The van der Waals surface area contributed by atoms with E-state index in [0.717, 1.165) is 5.56 Å². The molecular weight excluding hydrogens is 382 g/mol. The topological polar surface area (TPSA) is 113 Å². The van der Waals surface area contributed by atoms with Gasteiger partial charge in [0.25, 0.3) is 5.91 Å². The van der Waals surface area contributed by atoms with Crippen LogP contribution in [0.25, 0.3) is 11.3 Å². The Morgan fingerprint density at radius 2 is 1.96 bits per heavy atom. The second-order valence-electron chi connectivity index (χ2n) is 7.38. The molecule has 2 fully saturated rings. The Morgan fingerprint density at radius 3 is 2.61 bits per heavy atom. The lowest BCUT2D eigenvalue weighted by atomic mass is 9.95. The van der Waals surface area contributed by atoms with E-state index in [2.05, 4.69) is 10.5 Å². The first kappa shape index (κ1) is 18.5. The predicted octanol–water partition coefficient (Wildman–Crippen LogP) is 1.90. The molecule has 9 heteroatoms. The lowest BCUT2D eigenvalue weighted by molar-refractivity contribution is -0.159. The lowest BCUT2D eigenvalue weighted by Crippen LogP contribution is -2.70. The van der Waals surface area contributed by atoms with Gasteiger partial charge in [-0.25, -0.2) is 4.79 Å². The SMILES string of the molecule is Cc1onc(-c2ccccc2)c1C(=O)N[C@H]1C(=O)N2[C@H]1SC(C)(C)[C@H]2C(=O)O. The van der Waals surface area contributed by atoms with Crippen LogP contribution in [-0.2, 0) is 9.59 Å². The highest BCUT2D eigenvalue weighted by Gasteiger charge is 2.64. The Morgan fingerprint density at radius 1 is 1.29 bits per heavy atom. The van der Waals surface area contributed by atoms with Crippen molar-refractivity contribution in [3.05, 3.63) is 41.7 Å². The standard InChI is InChI=1S/C19H19N3O5S/c1-9-11(12(21-27-9)10-7-5-4-6-8-10)15(23)20-13-16(24)22-14(18(25)26)19(2,3)28-17(13)22/h4-8,13-14,17H,1-3H3,(H,20,23)(H,25,26)/t13-,14+,17-/m0/s1. The van der Waals surface area contributed by atoms with Crippen molar-refractivity contribution in [2.24, 2.45) is 0 Å². The van der Waals surface area contributed by atoms with E-state index in [1.807, 2.05) is 30.3 Å². The van der Waals surface area contributed by atoms with Crippen molar-refractivity contribution in [2.45, 2.75) is 43.0 Å². The maximum atomic E-state index is 12.9. The number of aliphatic carboxylic acids is 1. The van der Waals surface area contributed by atoms with Gasteiger partial charge in [-0.15, -0.1) is 11.8 Å². The van der Waals surface area contributed by atoms with Gasteiger partial charge in [-0.3, -0.25) is 9.59 Å². The van der Waals surface area contributed by atoms with Gasteiger partial charge in [0.05, 0.1) is 0 Å². The van der Waals surface area contributed by atoms with Crippen molar-refractivity contribution < 1.29 is 24.0 Å². The number of nitrogens with one attached hydrogen (secondary N) is 1. The smallest absolute Gasteiger partial charge is 0.327 e. The number of aryl methyl sites for hydroxylation is 1. The van der Waals surface area contributed by atoms with E-state index in [0.29, 0.717) is 11.5 Å². The number of benzene rings is 1. The van der Waals surface area contributed by atoms with E-state index in [4.69, 9.17) is 4.52 Å². The highest BCUT2D eigenvalue weighted by atomic mass is 32.2. The van der Waals surface area contributed by atoms with Crippen LogP contribution in [0.1, 0.15) is 30.0 Å². The molecule has 0 bridgehead atoms. The molecule has 1 aromatic carbocycles. The number of amides is 2. The van der Waals surface area contributed by atoms with E-state index in [1.54, 1.807) is 20.8 Å². The van der Waals surface area contributed by atoms with Gasteiger partial charge >= 0.3 is 5.97 Å². The fourth-order valence-electron chi connectivity index (χ4n) is 3.79. The molecule has 8 nitrogen and oxygen atoms in total. The van der Waals surface area contributed by atoms with Crippen LogP contribution in [0.3, 0.4) is 0 Å². The summed E-state index contributed by atoms with van der Waals surface area (Å²) in [6, 6.07) is 7.46. The zero-order valence-electron chi connectivity index (χ0n) is 15.5. The third-order valence-corrected chi connectivity index (χ3v) is 6.67. The molecule has 0 spiro atoms. The van der Waals surface area contributed by atoms with Crippen molar-refractivity contribution in [2.75, 3.05) is 0 Å². The van der Waals surface area contributed by atoms with Crippen LogP contribution in [-0.4, -0.2) is 55.2 Å². The molecule has 0 unspecified atom stereocenters. The summed E-state index contributed by atoms with van der Waals surface area (Å²) in [5, 5.41) is 15.8. The van der Waals surface area contributed by atoms with Crippen LogP contribution in [0.15, 0.2) is 34.9 Å². The van der Waals surface area contributed by atoms with Crippen molar-refractivity contribution in [1.29, 1.82) is 0 Å². The average molecular weight is 401 g/mol. The number of carboxylic acid groups (broad SMARTS) is 1. The molecule has 2 amide bonds. The number of hydrogen-bond donors (Lipinski definition) is 2. The van der Waals surface area contributed by atoms with Crippen molar-refractivity contribution >= 4 is 29.5 Å². The summed E-state index contributed by atoms with van der Waals surface area (Å²) < 4.78 is 4.57. The van der Waals surface area contributed by atoms with Gasteiger partial charge in [0.15, 0.2) is 0 Å². The number of nitrogens with zero attached hydrogens (tertiary/aromatic N) is 2. The predicted molar refractivity (Wildman–Crippen MR) is 102 cm³/mol. The summed E-state index contributed by atoms with van der Waals surface area (Å²) in [7, 11) is 0. The van der Waals surface area contributed by atoms with Gasteiger partial charge in [0.2, 0.25) is 5.91 Å². The summed E-state index contributed by atoms with van der Waals surface area (Å²) in [6.07, 6.45) is 0. The van der Waals surface area contributed by atoms with Crippen molar-refractivity contribution in [3.8, 4) is 11.3 Å². The molecule has 0 saturated carbocycles. The third-order valence-electron chi connectivity index (χ3n) is 5.10. The minimum Gasteiger partial charge on any atom is -0.480 e. The summed E-state index contributed by atoms with van der Waals surface area (Å²) >= 11 is 1.38. The minimum atomic E-state index is -1.04. The van der Waals surface area contributed by atoms with Crippen LogP contribution in [0.5, 0.6) is 0 Å². The monoisotopic (exact) mass is 401 g/mol. The zero-order valence-corrected chi connectivity index (χ0v) is 16.3. The first-order chi connectivity index (χ1) is 13.2. The van der Waals surface area contributed by atoms with Gasteiger partial charge < -0.3 is 19.8 Å². The number of rotatable bonds is 4. The number of hydrogen-bond acceptors (Lipinski definition) is 6. The normalized spacial score (nSPS) is 25.2. The van der Waals surface area contributed by atoms with Gasteiger partial charge in [-0.2, -0.15) is 0 Å². The molecule has 2 aliphatic rings. The number of carbonyl (C=O) groups is 3. The van der Waals surface area contributed by atoms with Gasteiger partial charge in [-0.05, 0) is 20.8 Å². The van der Waals surface area contributed by atoms with Crippen LogP contribution in [0.4, 0.5) is 0 Å². The molecule has 2 saturated heterocycles. The summed E-state index contributed by atoms with van der Waals surface area (Å²) in [6.45, 7) is 5.22. The second kappa shape index (κ2) is 6.37.